The molecule has 0 bridgehead atoms. The smallest absolute Gasteiger partial charge is 0.423 e. The molecule has 1 aliphatic rings. The molecule has 6 rings (SSSR count). The molecular formula is C27H21BO2. The maximum atomic E-state index is 10.1. The van der Waals surface area contributed by atoms with Gasteiger partial charge in [-0.05, 0) is 60.0 Å². The van der Waals surface area contributed by atoms with Crippen LogP contribution in [0.3, 0.4) is 0 Å². The third-order valence-corrected chi connectivity index (χ3v) is 6.84. The number of fused-ring (bicyclic) bond motifs is 10. The summed E-state index contributed by atoms with van der Waals surface area (Å²) < 4.78 is 0. The molecule has 0 atom stereocenters. The summed E-state index contributed by atoms with van der Waals surface area (Å²) in [5, 5.41) is 27.3. The van der Waals surface area contributed by atoms with Gasteiger partial charge in [-0.15, -0.1) is 0 Å². The Bertz CT molecular complexity index is 1500. The normalized spacial score (nSPS) is 14.3. The molecule has 3 heteroatoms. The predicted molar refractivity (Wildman–Crippen MR) is 126 cm³/mol. The van der Waals surface area contributed by atoms with Gasteiger partial charge in [-0.2, -0.15) is 0 Å². The van der Waals surface area contributed by atoms with Crippen LogP contribution < -0.4 is 5.46 Å². The van der Waals surface area contributed by atoms with Crippen LogP contribution in [0.4, 0.5) is 0 Å². The summed E-state index contributed by atoms with van der Waals surface area (Å²) in [5.41, 5.74) is 5.28. The highest BCUT2D eigenvalue weighted by Gasteiger charge is 2.40. The van der Waals surface area contributed by atoms with Gasteiger partial charge in [0.05, 0.1) is 0 Å². The molecule has 0 saturated carbocycles. The first-order chi connectivity index (χ1) is 14.5. The summed E-state index contributed by atoms with van der Waals surface area (Å²) in [6, 6.07) is 27.4. The molecule has 1 aliphatic carbocycles. The minimum absolute atomic E-state index is 0.262. The molecule has 0 aliphatic heterocycles. The number of rotatable bonds is 1. The largest absolute Gasteiger partial charge is 0.489 e. The molecule has 0 heterocycles. The number of hydrogen-bond donors (Lipinski definition) is 2. The van der Waals surface area contributed by atoms with Gasteiger partial charge < -0.3 is 10.0 Å². The monoisotopic (exact) mass is 388 g/mol. The summed E-state index contributed by atoms with van der Waals surface area (Å²) in [7, 11) is -1.51. The fraction of sp³-hybridized carbons (Fsp3) is 0.111. The van der Waals surface area contributed by atoms with Crippen molar-refractivity contribution in [2.45, 2.75) is 19.3 Å². The van der Waals surface area contributed by atoms with E-state index in [2.05, 4.69) is 68.4 Å². The van der Waals surface area contributed by atoms with Crippen molar-refractivity contribution in [2.75, 3.05) is 0 Å². The van der Waals surface area contributed by atoms with Crippen molar-refractivity contribution >= 4 is 44.9 Å². The summed E-state index contributed by atoms with van der Waals surface area (Å²) in [5.74, 6) is 0. The van der Waals surface area contributed by atoms with Crippen LogP contribution in [0.2, 0.25) is 0 Å². The Morgan fingerprint density at radius 2 is 1.07 bits per heavy atom. The van der Waals surface area contributed by atoms with Gasteiger partial charge >= 0.3 is 7.12 Å². The van der Waals surface area contributed by atoms with Crippen LogP contribution in [0.1, 0.15) is 25.0 Å². The second-order valence-electron chi connectivity index (χ2n) is 8.77. The Kier molecular flexibility index (Phi) is 3.51. The van der Waals surface area contributed by atoms with E-state index in [4.69, 9.17) is 0 Å². The highest BCUT2D eigenvalue weighted by atomic mass is 16.4. The van der Waals surface area contributed by atoms with Gasteiger partial charge in [-0.25, -0.2) is 0 Å². The lowest BCUT2D eigenvalue weighted by Crippen LogP contribution is -2.32. The van der Waals surface area contributed by atoms with Gasteiger partial charge in [0.15, 0.2) is 0 Å². The van der Waals surface area contributed by atoms with Crippen molar-refractivity contribution in [3.8, 4) is 11.1 Å². The molecule has 0 radical (unpaired) electrons. The third-order valence-electron chi connectivity index (χ3n) is 6.84. The van der Waals surface area contributed by atoms with Crippen molar-refractivity contribution in [2.24, 2.45) is 0 Å². The molecule has 30 heavy (non-hydrogen) atoms. The molecule has 2 N–H and O–H groups in total. The fourth-order valence-corrected chi connectivity index (χ4v) is 5.56. The molecule has 0 unspecified atom stereocenters. The van der Waals surface area contributed by atoms with E-state index in [1.165, 1.54) is 38.2 Å². The Morgan fingerprint density at radius 3 is 1.67 bits per heavy atom. The average Bonchev–Trinajstić information content (AvgIpc) is 3.01. The van der Waals surface area contributed by atoms with Crippen LogP contribution in [0.5, 0.6) is 0 Å². The standard InChI is InChI=1S/C27H21BO2/c1-27(2)22-15-23(28(29)30)18-11-5-7-13-20(18)24(22)25-19-12-6-3-9-16(19)17-10-4-8-14-21(17)26(25)27/h3-15,29-30H,1-2H3. The zero-order chi connectivity index (χ0) is 20.6. The van der Waals surface area contributed by atoms with Crippen molar-refractivity contribution in [3.63, 3.8) is 0 Å². The van der Waals surface area contributed by atoms with Crippen molar-refractivity contribution in [1.29, 1.82) is 0 Å². The van der Waals surface area contributed by atoms with Gasteiger partial charge in [0.1, 0.15) is 0 Å². The van der Waals surface area contributed by atoms with Gasteiger partial charge in [0.25, 0.3) is 0 Å². The molecule has 0 aromatic heterocycles. The van der Waals surface area contributed by atoms with E-state index in [-0.39, 0.29) is 5.41 Å². The van der Waals surface area contributed by atoms with Crippen molar-refractivity contribution in [3.05, 3.63) is 90.0 Å². The molecule has 144 valence electrons. The van der Waals surface area contributed by atoms with Gasteiger partial charge in [-0.1, -0.05) is 92.7 Å². The van der Waals surface area contributed by atoms with E-state index in [1.807, 2.05) is 24.3 Å². The van der Waals surface area contributed by atoms with E-state index >= 15 is 0 Å². The Hall–Kier alpha value is -3.14. The lowest BCUT2D eigenvalue weighted by atomic mass is 9.72. The van der Waals surface area contributed by atoms with Crippen LogP contribution in [0.25, 0.3) is 43.4 Å². The minimum Gasteiger partial charge on any atom is -0.423 e. The predicted octanol–water partition coefficient (Wildman–Crippen LogP) is 5.13. The Morgan fingerprint density at radius 1 is 0.600 bits per heavy atom. The minimum atomic E-state index is -1.51. The summed E-state index contributed by atoms with van der Waals surface area (Å²) in [6.45, 7) is 4.50. The summed E-state index contributed by atoms with van der Waals surface area (Å²) >= 11 is 0. The molecule has 2 nitrogen and oxygen atoms in total. The second kappa shape index (κ2) is 5.94. The van der Waals surface area contributed by atoms with Crippen LogP contribution in [0.15, 0.2) is 78.9 Å². The SMILES string of the molecule is CC1(C)c2cc(B(O)O)c3ccccc3c2-c2c1c1ccccc1c1ccccc21. The van der Waals surface area contributed by atoms with Gasteiger partial charge in [0.2, 0.25) is 0 Å². The third kappa shape index (κ3) is 2.11. The highest BCUT2D eigenvalue weighted by molar-refractivity contribution is 6.62. The van der Waals surface area contributed by atoms with E-state index < -0.39 is 7.12 Å². The molecule has 0 fully saturated rings. The van der Waals surface area contributed by atoms with Crippen LogP contribution >= 0.6 is 0 Å². The highest BCUT2D eigenvalue weighted by Crippen LogP contribution is 2.56. The number of hydrogen-bond acceptors (Lipinski definition) is 2. The van der Waals surface area contributed by atoms with E-state index in [9.17, 15) is 10.0 Å². The topological polar surface area (TPSA) is 40.5 Å². The molecule has 0 spiro atoms. The molecule has 0 saturated heterocycles. The molecule has 5 aromatic rings. The van der Waals surface area contributed by atoms with Crippen LogP contribution in [-0.2, 0) is 5.41 Å². The van der Waals surface area contributed by atoms with E-state index in [0.29, 0.717) is 5.46 Å². The first-order valence-corrected chi connectivity index (χ1v) is 10.4. The average molecular weight is 388 g/mol. The van der Waals surface area contributed by atoms with Crippen molar-refractivity contribution < 1.29 is 10.0 Å². The summed E-state index contributed by atoms with van der Waals surface area (Å²) in [6.07, 6.45) is 0. The van der Waals surface area contributed by atoms with E-state index in [1.54, 1.807) is 0 Å². The fourth-order valence-electron chi connectivity index (χ4n) is 5.56. The first-order valence-electron chi connectivity index (χ1n) is 10.4. The molecular weight excluding hydrogens is 367 g/mol. The van der Waals surface area contributed by atoms with Gasteiger partial charge in [0, 0.05) is 5.41 Å². The maximum absolute atomic E-state index is 10.1. The Labute approximate surface area is 175 Å². The number of benzene rings is 5. The molecule has 0 amide bonds. The maximum Gasteiger partial charge on any atom is 0.489 e. The van der Waals surface area contributed by atoms with Crippen LogP contribution in [0, 0.1) is 0 Å². The zero-order valence-electron chi connectivity index (χ0n) is 17.0. The first kappa shape index (κ1) is 17.7. The van der Waals surface area contributed by atoms with E-state index in [0.717, 1.165) is 16.3 Å². The van der Waals surface area contributed by atoms with Crippen molar-refractivity contribution in [1.82, 2.24) is 0 Å². The van der Waals surface area contributed by atoms with Gasteiger partial charge in [-0.3, -0.25) is 0 Å². The summed E-state index contributed by atoms with van der Waals surface area (Å²) in [4.78, 5) is 0. The Balaban J connectivity index is 1.92. The lowest BCUT2D eigenvalue weighted by molar-refractivity contribution is 0.426. The molecule has 5 aromatic carbocycles. The van der Waals surface area contributed by atoms with Crippen LogP contribution in [-0.4, -0.2) is 17.2 Å². The second-order valence-corrected chi connectivity index (χ2v) is 8.77. The zero-order valence-corrected chi connectivity index (χ0v) is 17.0. The quantitative estimate of drug-likeness (QED) is 0.309. The lowest BCUT2D eigenvalue weighted by Gasteiger charge is -2.24.